The van der Waals surface area contributed by atoms with Gasteiger partial charge in [-0.15, -0.1) is 0 Å². The second kappa shape index (κ2) is 2.57. The van der Waals surface area contributed by atoms with E-state index in [9.17, 15) is 4.79 Å². The number of aromatic hydroxyl groups is 1. The molecule has 1 heterocycles. The van der Waals surface area contributed by atoms with Crippen LogP contribution in [-0.4, -0.2) is 15.9 Å². The van der Waals surface area contributed by atoms with E-state index >= 15 is 0 Å². The molecule has 0 bridgehead atoms. The molecule has 11 heavy (non-hydrogen) atoms. The third kappa shape index (κ3) is 1.14. The zero-order chi connectivity index (χ0) is 8.43. The van der Waals surface area contributed by atoms with Crippen LogP contribution in [0.15, 0.2) is 17.1 Å². The van der Waals surface area contributed by atoms with Gasteiger partial charge in [-0.25, -0.2) is 0 Å². The molecule has 4 nitrogen and oxygen atoms in total. The summed E-state index contributed by atoms with van der Waals surface area (Å²) in [6.07, 6.45) is 2.29. The first-order valence-corrected chi connectivity index (χ1v) is 3.06. The Bertz CT molecular complexity index is 341. The Kier molecular flexibility index (Phi) is 1.76. The first-order chi connectivity index (χ1) is 5.16. The summed E-state index contributed by atoms with van der Waals surface area (Å²) in [5, 5.41) is 15.9. The van der Waals surface area contributed by atoms with Crippen molar-refractivity contribution in [3.8, 4) is 5.75 Å². The van der Waals surface area contributed by atoms with E-state index in [1.54, 1.807) is 7.05 Å². The van der Waals surface area contributed by atoms with Crippen molar-refractivity contribution in [2.24, 2.45) is 7.05 Å². The Hall–Kier alpha value is -1.58. The number of rotatable bonds is 1. The number of hydrogen-bond acceptors (Lipinski definition) is 3. The molecule has 0 saturated carbocycles. The average Bonchev–Trinajstić information content (AvgIpc) is 1.99. The van der Waals surface area contributed by atoms with Crippen LogP contribution in [-0.2, 0) is 7.05 Å². The normalized spacial score (nSPS) is 9.55. The summed E-state index contributed by atoms with van der Waals surface area (Å²) in [7, 11) is 1.56. The van der Waals surface area contributed by atoms with Crippen LogP contribution >= 0.6 is 0 Å². The standard InChI is InChI=1S/C7H8N2O2/c1-9-3-2-6(10)5(4-8)7(9)11/h2-4,8,10H,1H3. The maximum Gasteiger partial charge on any atom is 0.262 e. The van der Waals surface area contributed by atoms with Gasteiger partial charge in [0, 0.05) is 19.5 Å². The highest BCUT2D eigenvalue weighted by Crippen LogP contribution is 2.07. The van der Waals surface area contributed by atoms with Crippen molar-refractivity contribution >= 4 is 6.21 Å². The lowest BCUT2D eigenvalue weighted by Gasteiger charge is -1.99. The van der Waals surface area contributed by atoms with Crippen LogP contribution in [0, 0.1) is 5.41 Å². The minimum atomic E-state index is -0.361. The molecule has 4 heteroatoms. The van der Waals surface area contributed by atoms with Gasteiger partial charge in [-0.05, 0) is 6.07 Å². The number of pyridine rings is 1. The SMILES string of the molecule is Cn1ccc(O)c(C=N)c1=O. The van der Waals surface area contributed by atoms with Crippen molar-refractivity contribution in [3.63, 3.8) is 0 Å². The van der Waals surface area contributed by atoms with E-state index in [2.05, 4.69) is 0 Å². The second-order valence-electron chi connectivity index (χ2n) is 2.18. The van der Waals surface area contributed by atoms with Gasteiger partial charge in [0.2, 0.25) is 0 Å². The zero-order valence-electron chi connectivity index (χ0n) is 6.03. The number of aromatic nitrogens is 1. The molecule has 0 radical (unpaired) electrons. The van der Waals surface area contributed by atoms with Crippen molar-refractivity contribution < 1.29 is 5.11 Å². The van der Waals surface area contributed by atoms with E-state index < -0.39 is 0 Å². The van der Waals surface area contributed by atoms with E-state index in [0.717, 1.165) is 6.21 Å². The van der Waals surface area contributed by atoms with Crippen molar-refractivity contribution in [2.75, 3.05) is 0 Å². The Morgan fingerprint density at radius 1 is 1.73 bits per heavy atom. The lowest BCUT2D eigenvalue weighted by Crippen LogP contribution is -2.19. The van der Waals surface area contributed by atoms with Crippen molar-refractivity contribution in [3.05, 3.63) is 28.2 Å². The van der Waals surface area contributed by atoms with Gasteiger partial charge in [-0.1, -0.05) is 0 Å². The summed E-state index contributed by atoms with van der Waals surface area (Å²) in [6, 6.07) is 1.38. The molecule has 0 aliphatic rings. The summed E-state index contributed by atoms with van der Waals surface area (Å²) in [5.41, 5.74) is -0.338. The van der Waals surface area contributed by atoms with E-state index in [1.807, 2.05) is 0 Å². The van der Waals surface area contributed by atoms with Gasteiger partial charge in [-0.2, -0.15) is 0 Å². The fourth-order valence-electron chi connectivity index (χ4n) is 0.775. The van der Waals surface area contributed by atoms with Gasteiger partial charge in [0.25, 0.3) is 5.56 Å². The van der Waals surface area contributed by atoms with E-state index in [0.29, 0.717) is 0 Å². The highest BCUT2D eigenvalue weighted by molar-refractivity contribution is 5.80. The molecule has 1 aromatic heterocycles. The Morgan fingerprint density at radius 2 is 2.36 bits per heavy atom. The Morgan fingerprint density at radius 3 is 2.82 bits per heavy atom. The largest absolute Gasteiger partial charge is 0.507 e. The van der Waals surface area contributed by atoms with Crippen LogP contribution in [0.5, 0.6) is 5.75 Å². The molecule has 1 rings (SSSR count). The topological polar surface area (TPSA) is 66.1 Å². The summed E-state index contributed by atoms with van der Waals surface area (Å²) >= 11 is 0. The second-order valence-corrected chi connectivity index (χ2v) is 2.18. The van der Waals surface area contributed by atoms with Gasteiger partial charge in [0.05, 0.1) is 5.56 Å². The van der Waals surface area contributed by atoms with Crippen molar-refractivity contribution in [1.82, 2.24) is 4.57 Å². The lowest BCUT2D eigenvalue weighted by atomic mass is 10.3. The molecule has 0 saturated heterocycles. The summed E-state index contributed by atoms with van der Waals surface area (Å²) < 4.78 is 1.31. The Balaban J connectivity index is 3.54. The molecule has 0 fully saturated rings. The van der Waals surface area contributed by atoms with Crippen LogP contribution in [0.4, 0.5) is 0 Å². The molecule has 0 aromatic carbocycles. The van der Waals surface area contributed by atoms with Crippen LogP contribution in [0.2, 0.25) is 0 Å². The first kappa shape index (κ1) is 7.53. The molecule has 0 amide bonds. The van der Waals surface area contributed by atoms with Gasteiger partial charge in [-0.3, -0.25) is 4.79 Å². The van der Waals surface area contributed by atoms with Crippen LogP contribution < -0.4 is 5.56 Å². The lowest BCUT2D eigenvalue weighted by molar-refractivity contribution is 0.471. The summed E-state index contributed by atoms with van der Waals surface area (Å²) in [4.78, 5) is 11.1. The van der Waals surface area contributed by atoms with Crippen LogP contribution in [0.3, 0.4) is 0 Å². The number of nitrogens with zero attached hydrogens (tertiary/aromatic N) is 1. The third-order valence-corrected chi connectivity index (χ3v) is 1.43. The number of hydrogen-bond donors (Lipinski definition) is 2. The van der Waals surface area contributed by atoms with E-state index in [1.165, 1.54) is 16.8 Å². The number of aryl methyl sites for hydroxylation is 1. The summed E-state index contributed by atoms with van der Waals surface area (Å²) in [6.45, 7) is 0. The molecule has 0 unspecified atom stereocenters. The zero-order valence-corrected chi connectivity index (χ0v) is 6.03. The fraction of sp³-hybridized carbons (Fsp3) is 0.143. The van der Waals surface area contributed by atoms with Gasteiger partial charge >= 0.3 is 0 Å². The Labute approximate surface area is 63.2 Å². The molecule has 0 spiro atoms. The molecular weight excluding hydrogens is 144 g/mol. The van der Waals surface area contributed by atoms with Crippen LogP contribution in [0.1, 0.15) is 5.56 Å². The maximum atomic E-state index is 11.1. The van der Waals surface area contributed by atoms with Crippen molar-refractivity contribution in [1.29, 1.82) is 5.41 Å². The summed E-state index contributed by atoms with van der Waals surface area (Å²) in [5.74, 6) is -0.150. The van der Waals surface area contributed by atoms with Crippen LogP contribution in [0.25, 0.3) is 0 Å². The van der Waals surface area contributed by atoms with Gasteiger partial charge in [0.1, 0.15) is 5.75 Å². The minimum absolute atomic E-state index is 0.0231. The van der Waals surface area contributed by atoms with Crippen molar-refractivity contribution in [2.45, 2.75) is 0 Å². The molecule has 58 valence electrons. The monoisotopic (exact) mass is 152 g/mol. The fourth-order valence-corrected chi connectivity index (χ4v) is 0.775. The molecule has 0 aliphatic carbocycles. The first-order valence-electron chi connectivity index (χ1n) is 3.06. The smallest absolute Gasteiger partial charge is 0.262 e. The highest BCUT2D eigenvalue weighted by Gasteiger charge is 2.02. The molecule has 0 aliphatic heterocycles. The van der Waals surface area contributed by atoms with E-state index in [-0.39, 0.29) is 16.9 Å². The quantitative estimate of drug-likeness (QED) is 0.560. The average molecular weight is 152 g/mol. The van der Waals surface area contributed by atoms with Gasteiger partial charge in [0.15, 0.2) is 0 Å². The molecular formula is C7H8N2O2. The highest BCUT2D eigenvalue weighted by atomic mass is 16.3. The van der Waals surface area contributed by atoms with Gasteiger partial charge < -0.3 is 15.1 Å². The molecule has 0 atom stereocenters. The number of nitrogens with one attached hydrogen (secondary N) is 1. The molecule has 2 N–H and O–H groups in total. The predicted octanol–water partition coefficient (Wildman–Crippen LogP) is 0.0886. The minimum Gasteiger partial charge on any atom is -0.507 e. The van der Waals surface area contributed by atoms with E-state index in [4.69, 9.17) is 10.5 Å². The maximum absolute atomic E-state index is 11.1. The predicted molar refractivity (Wildman–Crippen MR) is 41.2 cm³/mol. The third-order valence-electron chi connectivity index (χ3n) is 1.43. The molecule has 1 aromatic rings.